The molecule has 0 unspecified atom stereocenters. The summed E-state index contributed by atoms with van der Waals surface area (Å²) < 4.78 is 21.1. The lowest BCUT2D eigenvalue weighted by Gasteiger charge is -2.36. The first-order chi connectivity index (χ1) is 16.4. The van der Waals surface area contributed by atoms with Crippen molar-refractivity contribution in [3.8, 4) is 22.5 Å². The fourth-order valence-electron chi connectivity index (χ4n) is 4.54. The maximum absolute atomic E-state index is 15.2. The van der Waals surface area contributed by atoms with Crippen molar-refractivity contribution in [1.82, 2.24) is 15.3 Å². The molecule has 0 aliphatic carbocycles. The van der Waals surface area contributed by atoms with Crippen LogP contribution in [0.1, 0.15) is 29.8 Å². The number of halogens is 1. The van der Waals surface area contributed by atoms with Gasteiger partial charge in [0.25, 0.3) is 5.91 Å². The first-order valence-electron chi connectivity index (χ1n) is 11.6. The van der Waals surface area contributed by atoms with Gasteiger partial charge >= 0.3 is 0 Å². The Bertz CT molecular complexity index is 1250. The van der Waals surface area contributed by atoms with Gasteiger partial charge < -0.3 is 20.7 Å². The molecule has 1 fully saturated rings. The van der Waals surface area contributed by atoms with Crippen LogP contribution in [0, 0.1) is 11.7 Å². The monoisotopic (exact) mass is 461 g/mol. The third-order valence-corrected chi connectivity index (χ3v) is 6.53. The van der Waals surface area contributed by atoms with Crippen molar-refractivity contribution < 1.29 is 13.9 Å². The van der Waals surface area contributed by atoms with E-state index in [0.29, 0.717) is 41.6 Å². The number of rotatable bonds is 4. The normalized spacial score (nSPS) is 18.1. The molecule has 3 N–H and O–H groups in total. The first kappa shape index (κ1) is 22.3. The quantitative estimate of drug-likeness (QED) is 0.616. The summed E-state index contributed by atoms with van der Waals surface area (Å²) in [6, 6.07) is 10.7. The molecule has 5 rings (SSSR count). The van der Waals surface area contributed by atoms with Gasteiger partial charge in [0.1, 0.15) is 17.3 Å². The molecule has 0 saturated carbocycles. The third kappa shape index (κ3) is 4.21. The van der Waals surface area contributed by atoms with E-state index in [9.17, 15) is 4.79 Å². The van der Waals surface area contributed by atoms with Gasteiger partial charge in [-0.1, -0.05) is 19.9 Å². The predicted molar refractivity (Wildman–Crippen MR) is 130 cm³/mol. The van der Waals surface area contributed by atoms with Crippen molar-refractivity contribution in [2.75, 3.05) is 36.9 Å². The number of benzene rings is 2. The summed E-state index contributed by atoms with van der Waals surface area (Å²) in [4.78, 5) is 23.2. The van der Waals surface area contributed by atoms with Crippen molar-refractivity contribution >= 4 is 17.4 Å². The molecule has 1 saturated heterocycles. The molecule has 7 nitrogen and oxygen atoms in total. The summed E-state index contributed by atoms with van der Waals surface area (Å²) in [5.74, 6) is 0.211. The summed E-state index contributed by atoms with van der Waals surface area (Å²) >= 11 is 0. The van der Waals surface area contributed by atoms with Crippen molar-refractivity contribution in [3.63, 3.8) is 0 Å². The van der Waals surface area contributed by atoms with Crippen LogP contribution in [-0.2, 0) is 11.2 Å². The van der Waals surface area contributed by atoms with Crippen molar-refractivity contribution in [2.45, 2.75) is 26.4 Å². The fraction of sp³-hybridized carbons (Fsp3) is 0.346. The highest BCUT2D eigenvalue weighted by Gasteiger charge is 2.24. The van der Waals surface area contributed by atoms with Crippen LogP contribution in [0.3, 0.4) is 0 Å². The summed E-state index contributed by atoms with van der Waals surface area (Å²) in [6.45, 7) is 6.94. The number of ether oxygens (including phenoxy) is 1. The van der Waals surface area contributed by atoms with Crippen LogP contribution in [0.5, 0.6) is 0 Å². The molecular formula is C26H28FN5O2. The van der Waals surface area contributed by atoms with Gasteiger partial charge in [-0.05, 0) is 48.2 Å². The minimum atomic E-state index is -0.364. The molecule has 8 heteroatoms. The Morgan fingerprint density at radius 1 is 1.21 bits per heavy atom. The average molecular weight is 462 g/mol. The lowest BCUT2D eigenvalue weighted by atomic mass is 9.96. The fourth-order valence-corrected chi connectivity index (χ4v) is 4.54. The van der Waals surface area contributed by atoms with Crippen molar-refractivity contribution in [2.24, 2.45) is 5.92 Å². The Labute approximate surface area is 198 Å². The van der Waals surface area contributed by atoms with E-state index in [0.717, 1.165) is 36.3 Å². The molecular weight excluding hydrogens is 433 g/mol. The second-order valence-corrected chi connectivity index (χ2v) is 9.13. The number of aromatic nitrogens is 2. The summed E-state index contributed by atoms with van der Waals surface area (Å²) in [7, 11) is 0. The number of carbonyl (C=O) groups excluding carboxylic acids is 1. The number of fused-ring (bicyclic) bond motifs is 1. The lowest BCUT2D eigenvalue weighted by molar-refractivity contribution is 0.0114. The van der Waals surface area contributed by atoms with E-state index in [1.54, 1.807) is 24.3 Å². The van der Waals surface area contributed by atoms with Crippen LogP contribution in [-0.4, -0.2) is 48.2 Å². The Morgan fingerprint density at radius 2 is 2.03 bits per heavy atom. The molecule has 34 heavy (non-hydrogen) atoms. The van der Waals surface area contributed by atoms with Crippen LogP contribution < -0.4 is 16.0 Å². The van der Waals surface area contributed by atoms with E-state index >= 15 is 4.39 Å². The topological polar surface area (TPSA) is 93.4 Å². The largest absolute Gasteiger partial charge is 0.382 e. The summed E-state index contributed by atoms with van der Waals surface area (Å²) in [6.07, 6.45) is 2.36. The Balaban J connectivity index is 1.45. The number of hydrogen-bond donors (Lipinski definition) is 2. The first-order valence-corrected chi connectivity index (χ1v) is 11.6. The van der Waals surface area contributed by atoms with Gasteiger partial charge in [-0.3, -0.25) is 4.79 Å². The van der Waals surface area contributed by atoms with Crippen LogP contribution in [0.4, 0.5) is 15.9 Å². The molecule has 2 aromatic carbocycles. The van der Waals surface area contributed by atoms with E-state index in [-0.39, 0.29) is 23.6 Å². The Kier molecular flexibility index (Phi) is 5.91. The standard InChI is InChI=1S/C26H28FN5O2/c1-15(2)23-14-32(9-10-34-23)18-4-6-20(21(27)12-18)22-13-30-25(28)24(31-22)17-3-5-19-16(11-17)7-8-29-26(19)33/h3-6,11-13,15,23H,7-10,14H2,1-2H3,(H2,28,30)(H,29,33)/t23-/m0/s1. The van der Waals surface area contributed by atoms with Crippen LogP contribution >= 0.6 is 0 Å². The number of carbonyl (C=O) groups is 1. The van der Waals surface area contributed by atoms with Gasteiger partial charge in [0, 0.05) is 42.0 Å². The van der Waals surface area contributed by atoms with E-state index in [1.165, 1.54) is 6.20 Å². The Morgan fingerprint density at radius 3 is 2.82 bits per heavy atom. The smallest absolute Gasteiger partial charge is 0.251 e. The number of nitrogens with one attached hydrogen (secondary N) is 1. The highest BCUT2D eigenvalue weighted by atomic mass is 19.1. The molecule has 1 aromatic heterocycles. The van der Waals surface area contributed by atoms with Gasteiger partial charge in [0.15, 0.2) is 0 Å². The second kappa shape index (κ2) is 9.02. The van der Waals surface area contributed by atoms with Crippen molar-refractivity contribution in [1.29, 1.82) is 0 Å². The zero-order valence-electron chi connectivity index (χ0n) is 19.3. The minimum absolute atomic E-state index is 0.0808. The zero-order valence-corrected chi connectivity index (χ0v) is 19.3. The van der Waals surface area contributed by atoms with Crippen LogP contribution in [0.25, 0.3) is 22.5 Å². The average Bonchev–Trinajstić information content (AvgIpc) is 2.84. The van der Waals surface area contributed by atoms with Crippen molar-refractivity contribution in [3.05, 3.63) is 59.5 Å². The van der Waals surface area contributed by atoms with Crippen LogP contribution in [0.2, 0.25) is 0 Å². The molecule has 3 aromatic rings. The van der Waals surface area contributed by atoms with Gasteiger partial charge in [-0.15, -0.1) is 0 Å². The molecule has 2 aliphatic rings. The number of nitrogens with two attached hydrogens (primary N) is 1. The zero-order chi connectivity index (χ0) is 23.8. The maximum atomic E-state index is 15.2. The third-order valence-electron chi connectivity index (χ3n) is 6.53. The second-order valence-electron chi connectivity index (χ2n) is 9.13. The van der Waals surface area contributed by atoms with E-state index in [1.807, 2.05) is 12.1 Å². The lowest BCUT2D eigenvalue weighted by Crippen LogP contribution is -2.44. The highest BCUT2D eigenvalue weighted by Crippen LogP contribution is 2.31. The van der Waals surface area contributed by atoms with E-state index in [2.05, 4.69) is 34.0 Å². The number of anilines is 2. The van der Waals surface area contributed by atoms with Gasteiger partial charge in [-0.2, -0.15) is 0 Å². The molecule has 1 atom stereocenters. The van der Waals surface area contributed by atoms with Gasteiger partial charge in [-0.25, -0.2) is 14.4 Å². The SMILES string of the molecule is CC(C)[C@@H]1CN(c2ccc(-c3cnc(N)c(-c4ccc5c(c4)CCNC5=O)n3)c(F)c2)CCO1. The molecule has 176 valence electrons. The summed E-state index contributed by atoms with van der Waals surface area (Å²) in [5.41, 5.74) is 10.6. The number of morpholine rings is 1. The number of hydrogen-bond acceptors (Lipinski definition) is 6. The molecule has 0 spiro atoms. The van der Waals surface area contributed by atoms with Gasteiger partial charge in [0.05, 0.1) is 24.6 Å². The highest BCUT2D eigenvalue weighted by molar-refractivity contribution is 5.97. The Hall–Kier alpha value is -3.52. The summed E-state index contributed by atoms with van der Waals surface area (Å²) in [5, 5.41) is 2.84. The molecule has 0 radical (unpaired) electrons. The number of amides is 1. The molecule has 1 amide bonds. The van der Waals surface area contributed by atoms with E-state index in [4.69, 9.17) is 10.5 Å². The number of nitrogens with zero attached hydrogens (tertiary/aromatic N) is 3. The minimum Gasteiger partial charge on any atom is -0.382 e. The molecule has 3 heterocycles. The molecule has 0 bridgehead atoms. The predicted octanol–water partition coefficient (Wildman–Crippen LogP) is 3.68. The number of nitrogen functional groups attached to an aromatic ring is 1. The van der Waals surface area contributed by atoms with Gasteiger partial charge in [0.2, 0.25) is 0 Å². The van der Waals surface area contributed by atoms with E-state index < -0.39 is 0 Å². The molecule has 2 aliphatic heterocycles. The van der Waals surface area contributed by atoms with Crippen LogP contribution in [0.15, 0.2) is 42.6 Å². The maximum Gasteiger partial charge on any atom is 0.251 e.